The molecule has 4 aromatic carbocycles. The van der Waals surface area contributed by atoms with E-state index in [0.29, 0.717) is 53.1 Å². The van der Waals surface area contributed by atoms with Gasteiger partial charge in [-0.3, -0.25) is 14.4 Å². The van der Waals surface area contributed by atoms with E-state index in [9.17, 15) is 32.7 Å². The molecule has 2 atom stereocenters. The number of ether oxygens (including phenoxy) is 2. The number of nitrogens with one attached hydrogen (secondary N) is 1. The van der Waals surface area contributed by atoms with E-state index in [4.69, 9.17) is 4.74 Å². The third-order valence-corrected chi connectivity index (χ3v) is 10.2. The van der Waals surface area contributed by atoms with Crippen LogP contribution >= 0.6 is 0 Å². The molecule has 11 heteroatoms. The number of amides is 2. The second-order valence-corrected chi connectivity index (χ2v) is 15.2. The van der Waals surface area contributed by atoms with Gasteiger partial charge in [-0.2, -0.15) is 0 Å². The Morgan fingerprint density at radius 2 is 1.43 bits per heavy atom. The summed E-state index contributed by atoms with van der Waals surface area (Å²) in [5, 5.41) is 12.8. The SMILES string of the molecule is CC(C)(C)c1ccc(Oc2ccc3c(c2)C(C(=O)NC(CC(=O)O)c2ccc(-c4ccc(OC(F)(F)F)cc4)cc2)N(C(=O)CC2CCCC2)CC3)cc1. The predicted octanol–water partition coefficient (Wildman–Crippen LogP) is 9.68. The summed E-state index contributed by atoms with van der Waals surface area (Å²) in [5.41, 5.74) is 4.47. The van der Waals surface area contributed by atoms with Crippen LogP contribution in [0.1, 0.15) is 93.6 Å². The Morgan fingerprint density at radius 1 is 0.833 bits per heavy atom. The van der Waals surface area contributed by atoms with Gasteiger partial charge in [-0.1, -0.05) is 88.2 Å². The van der Waals surface area contributed by atoms with Gasteiger partial charge in [0.1, 0.15) is 23.3 Å². The first-order valence-corrected chi connectivity index (χ1v) is 18.3. The van der Waals surface area contributed by atoms with Crippen molar-refractivity contribution in [3.05, 3.63) is 113 Å². The molecule has 2 aliphatic rings. The third-order valence-electron chi connectivity index (χ3n) is 10.2. The number of carboxylic acid groups (broad SMARTS) is 1. The Hall–Kier alpha value is -5.32. The Labute approximate surface area is 313 Å². The average Bonchev–Trinajstić information content (AvgIpc) is 3.63. The fourth-order valence-electron chi connectivity index (χ4n) is 7.38. The monoisotopic (exact) mass is 742 g/mol. The first-order chi connectivity index (χ1) is 25.6. The van der Waals surface area contributed by atoms with Gasteiger partial charge in [0.25, 0.3) is 0 Å². The van der Waals surface area contributed by atoms with Gasteiger partial charge in [-0.05, 0) is 100 Å². The van der Waals surface area contributed by atoms with Crippen molar-refractivity contribution in [2.75, 3.05) is 6.54 Å². The molecule has 1 aliphatic heterocycles. The second-order valence-electron chi connectivity index (χ2n) is 15.2. The molecule has 2 unspecified atom stereocenters. The predicted molar refractivity (Wildman–Crippen MR) is 198 cm³/mol. The standard InChI is InChI=1S/C43H45F3N2O6/c1-42(2,3)32-15-20-33(21-16-32)53-35-19-14-30-22-23-48(38(49)24-27-6-4-5-7-27)40(36(30)25-35)41(52)47-37(26-39(50)51)31-10-8-28(9-11-31)29-12-17-34(18-13-29)54-43(44,45)46/h8-21,25,27,37,40H,4-7,22-24,26H2,1-3H3,(H,47,52)(H,50,51). The number of hydrogen-bond donors (Lipinski definition) is 2. The normalized spacial score (nSPS) is 16.7. The minimum atomic E-state index is -4.80. The maximum absolute atomic E-state index is 14.5. The molecule has 0 spiro atoms. The molecule has 1 heterocycles. The number of benzene rings is 4. The van der Waals surface area contributed by atoms with E-state index in [1.165, 1.54) is 24.3 Å². The highest BCUT2D eigenvalue weighted by Gasteiger charge is 2.38. The van der Waals surface area contributed by atoms with Gasteiger partial charge in [0.2, 0.25) is 11.8 Å². The molecule has 4 aromatic rings. The van der Waals surface area contributed by atoms with Gasteiger partial charge >= 0.3 is 12.3 Å². The van der Waals surface area contributed by atoms with Gasteiger partial charge in [0.15, 0.2) is 0 Å². The van der Waals surface area contributed by atoms with E-state index in [1.54, 1.807) is 35.2 Å². The number of carbonyl (C=O) groups is 3. The summed E-state index contributed by atoms with van der Waals surface area (Å²) < 4.78 is 48.1. The zero-order chi connectivity index (χ0) is 38.6. The third kappa shape index (κ3) is 9.61. The van der Waals surface area contributed by atoms with E-state index in [1.807, 2.05) is 36.4 Å². The topological polar surface area (TPSA) is 105 Å². The number of carboxylic acids is 1. The van der Waals surface area contributed by atoms with Crippen LogP contribution in [0.4, 0.5) is 13.2 Å². The van der Waals surface area contributed by atoms with Crippen molar-refractivity contribution < 1.29 is 42.1 Å². The Kier molecular flexibility index (Phi) is 11.4. The van der Waals surface area contributed by atoms with Crippen LogP contribution in [-0.4, -0.2) is 40.7 Å². The fraction of sp³-hybridized carbons (Fsp3) is 0.372. The number of hydrogen-bond acceptors (Lipinski definition) is 5. The van der Waals surface area contributed by atoms with Crippen molar-refractivity contribution in [3.8, 4) is 28.4 Å². The summed E-state index contributed by atoms with van der Waals surface area (Å²) in [5.74, 6) is -0.683. The number of fused-ring (bicyclic) bond motifs is 1. The zero-order valence-corrected chi connectivity index (χ0v) is 30.6. The number of aliphatic carboxylic acids is 1. The molecule has 2 amide bonds. The fourth-order valence-corrected chi connectivity index (χ4v) is 7.38. The molecule has 8 nitrogen and oxygen atoms in total. The van der Waals surface area contributed by atoms with E-state index in [-0.39, 0.29) is 23.0 Å². The highest BCUT2D eigenvalue weighted by molar-refractivity contribution is 5.90. The Morgan fingerprint density at radius 3 is 2.02 bits per heavy atom. The molecule has 284 valence electrons. The lowest BCUT2D eigenvalue weighted by Gasteiger charge is -2.38. The van der Waals surface area contributed by atoms with Gasteiger partial charge in [-0.15, -0.1) is 13.2 Å². The Balaban J connectivity index is 1.27. The van der Waals surface area contributed by atoms with Crippen LogP contribution in [0.2, 0.25) is 0 Å². The van der Waals surface area contributed by atoms with Crippen molar-refractivity contribution in [2.45, 2.75) is 89.6 Å². The summed E-state index contributed by atoms with van der Waals surface area (Å²) in [4.78, 5) is 42.1. The molecule has 2 N–H and O–H groups in total. The molecule has 0 saturated heterocycles. The van der Waals surface area contributed by atoms with Crippen LogP contribution in [0, 0.1) is 5.92 Å². The largest absolute Gasteiger partial charge is 0.573 e. The highest BCUT2D eigenvalue weighted by atomic mass is 19.4. The number of halogens is 3. The van der Waals surface area contributed by atoms with E-state index in [2.05, 4.69) is 30.8 Å². The summed E-state index contributed by atoms with van der Waals surface area (Å²) in [7, 11) is 0. The molecule has 54 heavy (non-hydrogen) atoms. The van der Waals surface area contributed by atoms with E-state index in [0.717, 1.165) is 36.8 Å². The molecule has 1 saturated carbocycles. The number of nitrogens with zero attached hydrogens (tertiary/aromatic N) is 1. The maximum Gasteiger partial charge on any atom is 0.573 e. The lowest BCUT2D eigenvalue weighted by Crippen LogP contribution is -2.48. The van der Waals surface area contributed by atoms with Crippen LogP contribution in [0.25, 0.3) is 11.1 Å². The van der Waals surface area contributed by atoms with E-state index < -0.39 is 36.7 Å². The van der Waals surface area contributed by atoms with Crippen molar-refractivity contribution in [2.24, 2.45) is 5.92 Å². The van der Waals surface area contributed by atoms with Crippen molar-refractivity contribution in [1.82, 2.24) is 10.2 Å². The van der Waals surface area contributed by atoms with E-state index >= 15 is 0 Å². The summed E-state index contributed by atoms with van der Waals surface area (Å²) >= 11 is 0. The molecule has 0 radical (unpaired) electrons. The molecule has 6 rings (SSSR count). The smallest absolute Gasteiger partial charge is 0.481 e. The first kappa shape index (κ1) is 38.4. The van der Waals surface area contributed by atoms with Crippen LogP contribution in [0.5, 0.6) is 17.2 Å². The quantitative estimate of drug-likeness (QED) is 0.159. The van der Waals surface area contributed by atoms with Gasteiger partial charge in [-0.25, -0.2) is 0 Å². The maximum atomic E-state index is 14.5. The first-order valence-electron chi connectivity index (χ1n) is 18.3. The second kappa shape index (κ2) is 16.0. The van der Waals surface area contributed by atoms with Crippen LogP contribution < -0.4 is 14.8 Å². The van der Waals surface area contributed by atoms with Gasteiger partial charge in [0.05, 0.1) is 12.5 Å². The summed E-state index contributed by atoms with van der Waals surface area (Å²) in [6.45, 7) is 6.75. The molecule has 0 bridgehead atoms. The lowest BCUT2D eigenvalue weighted by atomic mass is 9.87. The zero-order valence-electron chi connectivity index (χ0n) is 30.6. The lowest BCUT2D eigenvalue weighted by molar-refractivity contribution is -0.274. The number of carbonyl (C=O) groups excluding carboxylic acids is 2. The van der Waals surface area contributed by atoms with Gasteiger partial charge in [0, 0.05) is 13.0 Å². The molecule has 1 aliphatic carbocycles. The van der Waals surface area contributed by atoms with Crippen molar-refractivity contribution in [1.29, 1.82) is 0 Å². The minimum Gasteiger partial charge on any atom is -0.481 e. The van der Waals surface area contributed by atoms with Crippen LogP contribution in [0.15, 0.2) is 91.0 Å². The van der Waals surface area contributed by atoms with Gasteiger partial charge < -0.3 is 24.8 Å². The molecular formula is C43H45F3N2O6. The highest BCUT2D eigenvalue weighted by Crippen LogP contribution is 2.38. The van der Waals surface area contributed by atoms with Crippen LogP contribution in [0.3, 0.4) is 0 Å². The average molecular weight is 743 g/mol. The number of rotatable bonds is 11. The molecule has 0 aromatic heterocycles. The molecular weight excluding hydrogens is 697 g/mol. The van der Waals surface area contributed by atoms with Crippen molar-refractivity contribution in [3.63, 3.8) is 0 Å². The Bertz CT molecular complexity index is 1950. The minimum absolute atomic E-state index is 0.0233. The molecule has 1 fully saturated rings. The van der Waals surface area contributed by atoms with Crippen LogP contribution in [-0.2, 0) is 26.2 Å². The van der Waals surface area contributed by atoms with Crippen molar-refractivity contribution >= 4 is 17.8 Å². The summed E-state index contributed by atoms with van der Waals surface area (Å²) in [6, 6.07) is 23.7. The summed E-state index contributed by atoms with van der Waals surface area (Å²) in [6.07, 6.45) is -0.217. The number of alkyl halides is 3.